The number of carboxylic acids is 1. The van der Waals surface area contributed by atoms with Crippen molar-refractivity contribution in [2.24, 2.45) is 5.73 Å². The maximum atomic E-state index is 10.4. The van der Waals surface area contributed by atoms with Crippen LogP contribution in [0.5, 0.6) is 0 Å². The average molecular weight is 216 g/mol. The minimum absolute atomic E-state index is 0.202. The number of hydrogen-bond acceptors (Lipinski definition) is 4. The zero-order valence-corrected chi connectivity index (χ0v) is 8.03. The lowest BCUT2D eigenvalue weighted by Crippen LogP contribution is -2.17. The molecule has 0 aliphatic carbocycles. The molecular formula is C8H10ClN3O2. The van der Waals surface area contributed by atoms with Gasteiger partial charge in [-0.05, 0) is 6.07 Å². The molecule has 14 heavy (non-hydrogen) atoms. The second kappa shape index (κ2) is 4.26. The summed E-state index contributed by atoms with van der Waals surface area (Å²) in [5.41, 5.74) is 11.6. The predicted octanol–water partition coefficient (Wildman–Crippen LogP) is 0.792. The Labute approximate surface area is 85.7 Å². The highest BCUT2D eigenvalue weighted by Crippen LogP contribution is 2.22. The molecule has 1 unspecified atom stereocenters. The zero-order chi connectivity index (χ0) is 10.7. The number of halogens is 1. The maximum absolute atomic E-state index is 10.4. The third-order valence-corrected chi connectivity index (χ3v) is 1.92. The van der Waals surface area contributed by atoms with Crippen molar-refractivity contribution < 1.29 is 9.90 Å². The summed E-state index contributed by atoms with van der Waals surface area (Å²) in [6.07, 6.45) is 1.18. The fourth-order valence-corrected chi connectivity index (χ4v) is 1.23. The van der Waals surface area contributed by atoms with E-state index in [2.05, 4.69) is 4.98 Å². The smallest absolute Gasteiger partial charge is 0.305 e. The highest BCUT2D eigenvalue weighted by atomic mass is 35.5. The van der Waals surface area contributed by atoms with E-state index in [9.17, 15) is 4.79 Å². The number of aromatic nitrogens is 1. The minimum atomic E-state index is -0.989. The van der Waals surface area contributed by atoms with Gasteiger partial charge in [0.05, 0.1) is 11.4 Å². The number of hydrogen-bond donors (Lipinski definition) is 3. The third-order valence-electron chi connectivity index (χ3n) is 1.71. The topological polar surface area (TPSA) is 102 Å². The molecule has 0 aliphatic rings. The Morgan fingerprint density at radius 2 is 2.36 bits per heavy atom. The van der Waals surface area contributed by atoms with Gasteiger partial charge in [0.1, 0.15) is 5.82 Å². The Bertz CT molecular complexity index is 356. The Kier molecular flexibility index (Phi) is 3.27. The number of rotatable bonds is 3. The van der Waals surface area contributed by atoms with Crippen LogP contribution in [-0.4, -0.2) is 16.1 Å². The normalized spacial score (nSPS) is 12.4. The van der Waals surface area contributed by atoms with E-state index in [1.165, 1.54) is 12.3 Å². The molecule has 0 saturated heterocycles. The Hall–Kier alpha value is -1.33. The number of carbonyl (C=O) groups is 1. The van der Waals surface area contributed by atoms with Gasteiger partial charge in [0.25, 0.3) is 0 Å². The first-order valence-corrected chi connectivity index (χ1v) is 4.26. The molecule has 0 saturated carbocycles. The second-order valence-corrected chi connectivity index (χ2v) is 3.27. The van der Waals surface area contributed by atoms with Crippen molar-refractivity contribution in [2.75, 3.05) is 5.73 Å². The molecule has 1 aromatic rings. The van der Waals surface area contributed by atoms with E-state index < -0.39 is 12.0 Å². The molecule has 1 atom stereocenters. The van der Waals surface area contributed by atoms with Crippen molar-refractivity contribution in [1.29, 1.82) is 0 Å². The Morgan fingerprint density at radius 3 is 2.93 bits per heavy atom. The van der Waals surface area contributed by atoms with E-state index in [-0.39, 0.29) is 12.2 Å². The third kappa shape index (κ3) is 2.58. The van der Waals surface area contributed by atoms with Crippen molar-refractivity contribution in [3.8, 4) is 0 Å². The molecule has 1 heterocycles. The number of pyridine rings is 1. The molecule has 1 rings (SSSR count). The molecule has 0 radical (unpaired) electrons. The highest BCUT2D eigenvalue weighted by molar-refractivity contribution is 6.30. The van der Waals surface area contributed by atoms with Crippen LogP contribution in [0, 0.1) is 0 Å². The van der Waals surface area contributed by atoms with E-state index in [0.29, 0.717) is 10.6 Å². The zero-order valence-electron chi connectivity index (χ0n) is 7.27. The predicted molar refractivity (Wildman–Crippen MR) is 52.8 cm³/mol. The first-order valence-electron chi connectivity index (χ1n) is 3.89. The molecule has 0 aliphatic heterocycles. The highest BCUT2D eigenvalue weighted by Gasteiger charge is 2.14. The van der Waals surface area contributed by atoms with Gasteiger partial charge in [-0.1, -0.05) is 11.6 Å². The van der Waals surface area contributed by atoms with Crippen molar-refractivity contribution in [3.05, 3.63) is 22.8 Å². The number of nitrogens with two attached hydrogens (primary N) is 2. The van der Waals surface area contributed by atoms with Crippen LogP contribution in [-0.2, 0) is 4.79 Å². The number of carboxylic acid groups (broad SMARTS) is 1. The van der Waals surface area contributed by atoms with Crippen molar-refractivity contribution in [1.82, 2.24) is 4.98 Å². The molecule has 0 bridgehead atoms. The monoisotopic (exact) mass is 215 g/mol. The summed E-state index contributed by atoms with van der Waals surface area (Å²) in [6.45, 7) is 0. The number of anilines is 1. The summed E-state index contributed by atoms with van der Waals surface area (Å²) in [5, 5.41) is 8.92. The van der Waals surface area contributed by atoms with Crippen LogP contribution in [0.4, 0.5) is 5.82 Å². The summed E-state index contributed by atoms with van der Waals surface area (Å²) in [5.74, 6) is -0.778. The van der Waals surface area contributed by atoms with Crippen molar-refractivity contribution in [2.45, 2.75) is 12.5 Å². The summed E-state index contributed by atoms with van der Waals surface area (Å²) < 4.78 is 0. The Balaban J connectivity index is 2.93. The average Bonchev–Trinajstić information content (AvgIpc) is 2.08. The quantitative estimate of drug-likeness (QED) is 0.692. The van der Waals surface area contributed by atoms with Crippen LogP contribution in [0.2, 0.25) is 5.02 Å². The molecule has 1 aromatic heterocycles. The van der Waals surface area contributed by atoms with Gasteiger partial charge < -0.3 is 16.6 Å². The van der Waals surface area contributed by atoms with E-state index in [1.54, 1.807) is 0 Å². The molecule has 0 spiro atoms. The fraction of sp³-hybridized carbons (Fsp3) is 0.250. The van der Waals surface area contributed by atoms with Crippen LogP contribution in [0.1, 0.15) is 18.0 Å². The molecular weight excluding hydrogens is 206 g/mol. The minimum Gasteiger partial charge on any atom is -0.481 e. The first-order chi connectivity index (χ1) is 6.50. The van der Waals surface area contributed by atoms with Crippen LogP contribution in [0.15, 0.2) is 12.3 Å². The molecule has 0 aromatic carbocycles. The molecule has 0 fully saturated rings. The van der Waals surface area contributed by atoms with Gasteiger partial charge in [0.2, 0.25) is 0 Å². The second-order valence-electron chi connectivity index (χ2n) is 2.83. The fourth-order valence-electron chi connectivity index (χ4n) is 1.06. The summed E-state index contributed by atoms with van der Waals surface area (Å²) >= 11 is 5.68. The molecule has 5 N–H and O–H groups in total. The maximum Gasteiger partial charge on any atom is 0.305 e. The van der Waals surface area contributed by atoms with E-state index >= 15 is 0 Å². The van der Waals surface area contributed by atoms with Gasteiger partial charge in [0, 0.05) is 17.8 Å². The van der Waals surface area contributed by atoms with Crippen LogP contribution in [0.25, 0.3) is 0 Å². The summed E-state index contributed by atoms with van der Waals surface area (Å²) in [4.78, 5) is 14.2. The number of nitrogens with zero attached hydrogens (tertiary/aromatic N) is 1. The number of nitrogen functional groups attached to an aromatic ring is 1. The standard InChI is InChI=1S/C8H10ClN3O2/c9-4-1-5(8(11)12-3-4)6(10)2-7(13)14/h1,3,6H,2,10H2,(H2,11,12)(H,13,14). The van der Waals surface area contributed by atoms with E-state index in [4.69, 9.17) is 28.2 Å². The number of aliphatic carboxylic acids is 1. The van der Waals surface area contributed by atoms with Crippen molar-refractivity contribution in [3.63, 3.8) is 0 Å². The summed E-state index contributed by atoms with van der Waals surface area (Å²) in [7, 11) is 0. The molecule has 76 valence electrons. The van der Waals surface area contributed by atoms with Gasteiger partial charge in [-0.3, -0.25) is 4.79 Å². The van der Waals surface area contributed by atoms with E-state index in [1.807, 2.05) is 0 Å². The molecule has 0 amide bonds. The van der Waals surface area contributed by atoms with Gasteiger partial charge in [-0.15, -0.1) is 0 Å². The lowest BCUT2D eigenvalue weighted by Gasteiger charge is -2.11. The van der Waals surface area contributed by atoms with Crippen LogP contribution in [0.3, 0.4) is 0 Å². The Morgan fingerprint density at radius 1 is 1.71 bits per heavy atom. The van der Waals surface area contributed by atoms with Crippen LogP contribution >= 0.6 is 11.6 Å². The van der Waals surface area contributed by atoms with Crippen LogP contribution < -0.4 is 11.5 Å². The van der Waals surface area contributed by atoms with Gasteiger partial charge in [0.15, 0.2) is 0 Å². The largest absolute Gasteiger partial charge is 0.481 e. The van der Waals surface area contributed by atoms with Crippen molar-refractivity contribution >= 4 is 23.4 Å². The van der Waals surface area contributed by atoms with E-state index in [0.717, 1.165) is 0 Å². The molecule has 6 heteroatoms. The lowest BCUT2D eigenvalue weighted by atomic mass is 10.1. The van der Waals surface area contributed by atoms with Gasteiger partial charge in [-0.25, -0.2) is 4.98 Å². The lowest BCUT2D eigenvalue weighted by molar-refractivity contribution is -0.137. The van der Waals surface area contributed by atoms with Gasteiger partial charge >= 0.3 is 5.97 Å². The SMILES string of the molecule is Nc1ncc(Cl)cc1C(N)CC(=O)O. The van der Waals surface area contributed by atoms with Gasteiger partial charge in [-0.2, -0.15) is 0 Å². The summed E-state index contributed by atoms with van der Waals surface area (Å²) in [6, 6.07) is 0.844. The first kappa shape index (κ1) is 10.7. The molecule has 5 nitrogen and oxygen atoms in total.